The number of amides is 2. The van der Waals surface area contributed by atoms with E-state index in [1.807, 2.05) is 35.0 Å². The Kier molecular flexibility index (Phi) is 5.63. The highest BCUT2D eigenvalue weighted by Gasteiger charge is 2.33. The van der Waals surface area contributed by atoms with Gasteiger partial charge in [-0.05, 0) is 49.6 Å². The highest BCUT2D eigenvalue weighted by molar-refractivity contribution is 5.96. The number of nitrogens with zero attached hydrogens (tertiary/aromatic N) is 4. The van der Waals surface area contributed by atoms with Crippen LogP contribution in [0.2, 0.25) is 0 Å². The van der Waals surface area contributed by atoms with Gasteiger partial charge in [-0.2, -0.15) is 18.3 Å². The first-order valence-corrected chi connectivity index (χ1v) is 11.2. The van der Waals surface area contributed by atoms with Crippen molar-refractivity contribution < 1.29 is 22.8 Å². The largest absolute Gasteiger partial charge is 0.416 e. The van der Waals surface area contributed by atoms with Crippen molar-refractivity contribution in [3.05, 3.63) is 82.7 Å². The molecule has 0 radical (unpaired) electrons. The molecule has 1 fully saturated rings. The number of piperazine rings is 1. The van der Waals surface area contributed by atoms with Gasteiger partial charge in [0.1, 0.15) is 0 Å². The molecule has 176 valence electrons. The molecule has 1 saturated heterocycles. The third-order valence-electron chi connectivity index (χ3n) is 6.42. The highest BCUT2D eigenvalue weighted by atomic mass is 19.4. The van der Waals surface area contributed by atoms with Crippen LogP contribution in [0.1, 0.15) is 44.1 Å². The molecule has 1 aliphatic heterocycles. The van der Waals surface area contributed by atoms with E-state index in [0.29, 0.717) is 18.8 Å². The molecule has 0 saturated carbocycles. The minimum atomic E-state index is -4.51. The van der Waals surface area contributed by atoms with Gasteiger partial charge in [-0.1, -0.05) is 24.3 Å². The standard InChI is InChI=1S/C25H23F3N4O2/c26-25(27,28)18-7-4-6-17(16-18)23(33)30-12-14-31(15-13-30)24(34)22-20-10-5-11-21(20)32(29-22)19-8-2-1-3-9-19/h1-4,6-9,16H,5,10-15H2. The Morgan fingerprint density at radius 3 is 2.18 bits per heavy atom. The minimum absolute atomic E-state index is 0.00553. The zero-order valence-corrected chi connectivity index (χ0v) is 18.4. The highest BCUT2D eigenvalue weighted by Crippen LogP contribution is 2.30. The van der Waals surface area contributed by atoms with Crippen molar-refractivity contribution in [2.24, 2.45) is 0 Å². The zero-order chi connectivity index (χ0) is 23.9. The van der Waals surface area contributed by atoms with Crippen LogP contribution in [0, 0.1) is 0 Å². The molecule has 3 aromatic rings. The van der Waals surface area contributed by atoms with Crippen molar-refractivity contribution in [1.82, 2.24) is 19.6 Å². The average Bonchev–Trinajstić information content (AvgIpc) is 3.46. The quantitative estimate of drug-likeness (QED) is 0.585. The molecule has 2 amide bonds. The number of benzene rings is 2. The van der Waals surface area contributed by atoms with E-state index in [4.69, 9.17) is 0 Å². The first-order valence-electron chi connectivity index (χ1n) is 11.2. The van der Waals surface area contributed by atoms with E-state index in [-0.39, 0.29) is 24.6 Å². The number of alkyl halides is 3. The van der Waals surface area contributed by atoms with Gasteiger partial charge in [-0.15, -0.1) is 0 Å². The molecular formula is C25H23F3N4O2. The van der Waals surface area contributed by atoms with E-state index in [0.717, 1.165) is 48.3 Å². The monoisotopic (exact) mass is 468 g/mol. The molecule has 2 heterocycles. The lowest BCUT2D eigenvalue weighted by molar-refractivity contribution is -0.137. The van der Waals surface area contributed by atoms with Crippen LogP contribution in [-0.4, -0.2) is 57.6 Å². The summed E-state index contributed by atoms with van der Waals surface area (Å²) < 4.78 is 40.9. The van der Waals surface area contributed by atoms with Crippen LogP contribution >= 0.6 is 0 Å². The van der Waals surface area contributed by atoms with Crippen LogP contribution < -0.4 is 0 Å². The smallest absolute Gasteiger partial charge is 0.335 e. The summed E-state index contributed by atoms with van der Waals surface area (Å²) >= 11 is 0. The number of carbonyl (C=O) groups excluding carboxylic acids is 2. The molecule has 0 N–H and O–H groups in total. The molecule has 1 aromatic heterocycles. The Labute approximate surface area is 194 Å². The molecule has 1 aliphatic carbocycles. The van der Waals surface area contributed by atoms with E-state index in [1.54, 1.807) is 4.90 Å². The van der Waals surface area contributed by atoms with Crippen molar-refractivity contribution in [2.45, 2.75) is 25.4 Å². The van der Waals surface area contributed by atoms with Crippen LogP contribution in [-0.2, 0) is 19.0 Å². The topological polar surface area (TPSA) is 58.4 Å². The van der Waals surface area contributed by atoms with Crippen LogP contribution in [0.25, 0.3) is 5.69 Å². The zero-order valence-electron chi connectivity index (χ0n) is 18.4. The fraction of sp³-hybridized carbons (Fsp3) is 0.320. The third-order valence-corrected chi connectivity index (χ3v) is 6.42. The molecular weight excluding hydrogens is 445 g/mol. The summed E-state index contributed by atoms with van der Waals surface area (Å²) in [4.78, 5) is 29.3. The molecule has 2 aromatic carbocycles. The number of carbonyl (C=O) groups is 2. The van der Waals surface area contributed by atoms with E-state index < -0.39 is 17.6 Å². The van der Waals surface area contributed by atoms with Crippen molar-refractivity contribution in [3.8, 4) is 5.69 Å². The molecule has 6 nitrogen and oxygen atoms in total. The summed E-state index contributed by atoms with van der Waals surface area (Å²) in [5.41, 5.74) is 2.55. The number of rotatable bonds is 3. The minimum Gasteiger partial charge on any atom is -0.335 e. The van der Waals surface area contributed by atoms with Crippen molar-refractivity contribution >= 4 is 11.8 Å². The number of aromatic nitrogens is 2. The summed E-state index contributed by atoms with van der Waals surface area (Å²) in [6.07, 6.45) is -1.87. The van der Waals surface area contributed by atoms with Crippen molar-refractivity contribution in [1.29, 1.82) is 0 Å². The third kappa shape index (κ3) is 4.06. The predicted octanol–water partition coefficient (Wildman–Crippen LogP) is 3.98. The Bertz CT molecular complexity index is 1230. The van der Waals surface area contributed by atoms with Crippen LogP contribution in [0.15, 0.2) is 54.6 Å². The second-order valence-corrected chi connectivity index (χ2v) is 8.54. The number of hydrogen-bond acceptors (Lipinski definition) is 3. The maximum atomic E-state index is 13.3. The van der Waals surface area contributed by atoms with Gasteiger partial charge < -0.3 is 9.80 Å². The predicted molar refractivity (Wildman–Crippen MR) is 119 cm³/mol. The summed E-state index contributed by atoms with van der Waals surface area (Å²) in [6.45, 7) is 1.11. The normalized spacial score (nSPS) is 16.0. The second-order valence-electron chi connectivity index (χ2n) is 8.54. The fourth-order valence-corrected chi connectivity index (χ4v) is 4.67. The lowest BCUT2D eigenvalue weighted by Gasteiger charge is -2.34. The van der Waals surface area contributed by atoms with E-state index in [2.05, 4.69) is 5.10 Å². The fourth-order valence-electron chi connectivity index (χ4n) is 4.67. The van der Waals surface area contributed by atoms with Gasteiger partial charge >= 0.3 is 6.18 Å². The van der Waals surface area contributed by atoms with Gasteiger partial charge in [0.05, 0.1) is 11.3 Å². The maximum Gasteiger partial charge on any atom is 0.416 e. The molecule has 2 aliphatic rings. The van der Waals surface area contributed by atoms with Gasteiger partial charge in [-0.25, -0.2) is 4.68 Å². The van der Waals surface area contributed by atoms with Gasteiger partial charge in [0, 0.05) is 43.0 Å². The molecule has 0 bridgehead atoms. The molecule has 9 heteroatoms. The molecule has 34 heavy (non-hydrogen) atoms. The molecule has 5 rings (SSSR count). The number of halogens is 3. The number of hydrogen-bond donors (Lipinski definition) is 0. The van der Waals surface area contributed by atoms with Crippen LogP contribution in [0.5, 0.6) is 0 Å². The van der Waals surface area contributed by atoms with Gasteiger partial charge in [0.15, 0.2) is 5.69 Å². The summed E-state index contributed by atoms with van der Waals surface area (Å²) in [5, 5.41) is 4.65. The summed E-state index contributed by atoms with van der Waals surface area (Å²) in [6, 6.07) is 14.1. The van der Waals surface area contributed by atoms with E-state index in [9.17, 15) is 22.8 Å². The Morgan fingerprint density at radius 1 is 0.824 bits per heavy atom. The van der Waals surface area contributed by atoms with E-state index in [1.165, 1.54) is 17.0 Å². The average molecular weight is 468 g/mol. The molecule has 0 unspecified atom stereocenters. The van der Waals surface area contributed by atoms with Crippen LogP contribution in [0.3, 0.4) is 0 Å². The van der Waals surface area contributed by atoms with E-state index >= 15 is 0 Å². The first kappa shape index (κ1) is 22.2. The SMILES string of the molecule is O=C(c1cccc(C(F)(F)F)c1)N1CCN(C(=O)c2nn(-c3ccccc3)c3c2CCC3)CC1. The lowest BCUT2D eigenvalue weighted by atomic mass is 10.1. The first-order chi connectivity index (χ1) is 16.3. The Morgan fingerprint density at radius 2 is 1.50 bits per heavy atom. The van der Waals surface area contributed by atoms with Gasteiger partial charge in [0.25, 0.3) is 11.8 Å². The lowest BCUT2D eigenvalue weighted by Crippen LogP contribution is -2.50. The Balaban J connectivity index is 1.30. The Hall–Kier alpha value is -3.62. The molecule has 0 spiro atoms. The summed E-state index contributed by atoms with van der Waals surface area (Å²) in [5.74, 6) is -0.633. The number of para-hydroxylation sites is 1. The number of fused-ring (bicyclic) bond motifs is 1. The summed E-state index contributed by atoms with van der Waals surface area (Å²) in [7, 11) is 0. The van der Waals surface area contributed by atoms with Gasteiger partial charge in [0.2, 0.25) is 0 Å². The van der Waals surface area contributed by atoms with Crippen LogP contribution in [0.4, 0.5) is 13.2 Å². The van der Waals surface area contributed by atoms with Gasteiger partial charge in [-0.3, -0.25) is 9.59 Å². The second kappa shape index (κ2) is 8.62. The molecule has 0 atom stereocenters. The maximum absolute atomic E-state index is 13.3. The van der Waals surface area contributed by atoms with Crippen molar-refractivity contribution in [3.63, 3.8) is 0 Å². The van der Waals surface area contributed by atoms with Crippen molar-refractivity contribution in [2.75, 3.05) is 26.2 Å².